The Bertz CT molecular complexity index is 337. The molecule has 1 N–H and O–H groups in total. The number of carbonyl (C=O) groups excluding carboxylic acids is 1. The zero-order valence-corrected chi connectivity index (χ0v) is 10.1. The van der Waals surface area contributed by atoms with Gasteiger partial charge in [-0.2, -0.15) is 0 Å². The number of hydrogen-bond donors (Lipinski definition) is 1. The van der Waals surface area contributed by atoms with E-state index < -0.39 is 6.10 Å². The molecule has 1 aromatic heterocycles. The molecular weight excluding hydrogens is 230 g/mol. The molecule has 2 rings (SSSR count). The Balaban J connectivity index is 2.14. The van der Waals surface area contributed by atoms with Crippen molar-refractivity contribution >= 4 is 29.0 Å². The molecule has 1 saturated heterocycles. The highest BCUT2D eigenvalue weighted by Crippen LogP contribution is 2.40. The van der Waals surface area contributed by atoms with E-state index in [1.54, 1.807) is 34.9 Å². The van der Waals surface area contributed by atoms with Crippen molar-refractivity contribution in [3.8, 4) is 0 Å². The molecule has 82 valence electrons. The number of thiophene rings is 1. The van der Waals surface area contributed by atoms with Gasteiger partial charge in [-0.05, 0) is 18.4 Å². The Morgan fingerprint density at radius 1 is 1.73 bits per heavy atom. The zero-order chi connectivity index (χ0) is 10.8. The third-order valence-electron chi connectivity index (χ3n) is 2.22. The van der Waals surface area contributed by atoms with Gasteiger partial charge < -0.3 is 10.0 Å². The number of amides is 1. The minimum absolute atomic E-state index is 0.104. The van der Waals surface area contributed by atoms with Crippen LogP contribution in [0.4, 0.5) is 0 Å². The third-order valence-corrected chi connectivity index (χ3v) is 4.53. The van der Waals surface area contributed by atoms with Crippen molar-refractivity contribution in [2.75, 3.05) is 12.3 Å². The number of aliphatic hydroxyl groups excluding tert-OH is 1. The van der Waals surface area contributed by atoms with Crippen LogP contribution in [0.15, 0.2) is 17.5 Å². The van der Waals surface area contributed by atoms with Gasteiger partial charge in [-0.15, -0.1) is 23.1 Å². The lowest BCUT2D eigenvalue weighted by molar-refractivity contribution is -0.129. The fourth-order valence-corrected chi connectivity index (χ4v) is 3.78. The number of aliphatic hydroxyl groups is 1. The summed E-state index contributed by atoms with van der Waals surface area (Å²) in [6, 6.07) is 4.03. The van der Waals surface area contributed by atoms with Crippen LogP contribution in [0.3, 0.4) is 0 Å². The van der Waals surface area contributed by atoms with E-state index in [9.17, 15) is 9.90 Å². The first-order chi connectivity index (χ1) is 7.18. The number of β-amino-alcohol motifs (C(OH)–C–C–N with tert-alkyl or cyclic N) is 1. The molecule has 3 nitrogen and oxygen atoms in total. The molecule has 1 fully saturated rings. The molecule has 2 atom stereocenters. The summed E-state index contributed by atoms with van der Waals surface area (Å²) in [6.45, 7) is 2.14. The Hall–Kier alpha value is -0.520. The molecule has 1 amide bonds. The molecule has 0 unspecified atom stereocenters. The number of carbonyl (C=O) groups is 1. The van der Waals surface area contributed by atoms with Crippen LogP contribution in [0.5, 0.6) is 0 Å². The number of hydrogen-bond acceptors (Lipinski definition) is 4. The van der Waals surface area contributed by atoms with Crippen molar-refractivity contribution in [2.45, 2.75) is 18.4 Å². The fraction of sp³-hybridized carbons (Fsp3) is 0.500. The van der Waals surface area contributed by atoms with E-state index in [1.807, 2.05) is 17.5 Å². The molecule has 0 saturated carbocycles. The standard InChI is InChI=1S/C10H13NO2S2/c1-7(12)5-11-9(13)6-15-10(11)8-3-2-4-14-8/h2-4,7,10,12H,5-6H2,1H3/t7-,10-/m0/s1. The molecule has 2 heterocycles. The average Bonchev–Trinajstić information content (AvgIpc) is 2.76. The summed E-state index contributed by atoms with van der Waals surface area (Å²) in [7, 11) is 0. The highest BCUT2D eigenvalue weighted by molar-refractivity contribution is 8.00. The van der Waals surface area contributed by atoms with Crippen LogP contribution >= 0.6 is 23.1 Å². The molecule has 0 bridgehead atoms. The average molecular weight is 243 g/mol. The van der Waals surface area contributed by atoms with Gasteiger partial charge in [0, 0.05) is 11.4 Å². The van der Waals surface area contributed by atoms with Crippen molar-refractivity contribution in [1.82, 2.24) is 4.90 Å². The fourth-order valence-electron chi connectivity index (χ4n) is 1.60. The summed E-state index contributed by atoms with van der Waals surface area (Å²) < 4.78 is 0. The smallest absolute Gasteiger partial charge is 0.233 e. The number of nitrogens with zero attached hydrogens (tertiary/aromatic N) is 1. The quantitative estimate of drug-likeness (QED) is 0.878. The third kappa shape index (κ3) is 2.35. The van der Waals surface area contributed by atoms with Gasteiger partial charge in [0.1, 0.15) is 5.37 Å². The van der Waals surface area contributed by atoms with E-state index in [-0.39, 0.29) is 11.3 Å². The van der Waals surface area contributed by atoms with Crippen molar-refractivity contribution in [3.63, 3.8) is 0 Å². The van der Waals surface area contributed by atoms with Gasteiger partial charge in [-0.3, -0.25) is 4.79 Å². The van der Waals surface area contributed by atoms with Gasteiger partial charge in [-0.1, -0.05) is 6.07 Å². The van der Waals surface area contributed by atoms with Crippen molar-refractivity contribution < 1.29 is 9.90 Å². The molecule has 15 heavy (non-hydrogen) atoms. The van der Waals surface area contributed by atoms with Crippen molar-refractivity contribution in [1.29, 1.82) is 0 Å². The second-order valence-corrected chi connectivity index (χ2v) is 5.62. The summed E-state index contributed by atoms with van der Waals surface area (Å²) in [5.41, 5.74) is 0. The molecule has 1 aliphatic rings. The lowest BCUT2D eigenvalue weighted by Gasteiger charge is -2.24. The topological polar surface area (TPSA) is 40.5 Å². The van der Waals surface area contributed by atoms with E-state index in [0.29, 0.717) is 12.3 Å². The molecule has 1 aliphatic heterocycles. The lowest BCUT2D eigenvalue weighted by atomic mass is 10.3. The highest BCUT2D eigenvalue weighted by atomic mass is 32.2. The molecular formula is C10H13NO2S2. The van der Waals surface area contributed by atoms with E-state index in [4.69, 9.17) is 0 Å². The van der Waals surface area contributed by atoms with Gasteiger partial charge in [0.15, 0.2) is 0 Å². The first-order valence-electron chi connectivity index (χ1n) is 4.81. The molecule has 0 radical (unpaired) electrons. The van der Waals surface area contributed by atoms with Gasteiger partial charge >= 0.3 is 0 Å². The van der Waals surface area contributed by atoms with E-state index in [2.05, 4.69) is 0 Å². The minimum atomic E-state index is -0.463. The maximum Gasteiger partial charge on any atom is 0.233 e. The second kappa shape index (κ2) is 4.55. The number of rotatable bonds is 3. The summed E-state index contributed by atoms with van der Waals surface area (Å²) in [5, 5.41) is 11.5. The molecule has 5 heteroatoms. The summed E-state index contributed by atoms with van der Waals surface area (Å²) in [5.74, 6) is 0.647. The van der Waals surface area contributed by atoms with E-state index >= 15 is 0 Å². The molecule has 0 aliphatic carbocycles. The Morgan fingerprint density at radius 3 is 3.13 bits per heavy atom. The Labute approximate surface area is 97.1 Å². The second-order valence-electron chi connectivity index (χ2n) is 3.57. The zero-order valence-electron chi connectivity index (χ0n) is 8.42. The van der Waals surface area contributed by atoms with E-state index in [1.165, 1.54) is 4.88 Å². The van der Waals surface area contributed by atoms with Crippen molar-refractivity contribution in [3.05, 3.63) is 22.4 Å². The van der Waals surface area contributed by atoms with E-state index in [0.717, 1.165) is 0 Å². The molecule has 1 aromatic rings. The first kappa shape index (κ1) is 11.0. The predicted molar refractivity (Wildman–Crippen MR) is 62.9 cm³/mol. The maximum atomic E-state index is 11.6. The van der Waals surface area contributed by atoms with Crippen LogP contribution in [0, 0.1) is 0 Å². The summed E-state index contributed by atoms with van der Waals surface area (Å²) >= 11 is 3.29. The van der Waals surface area contributed by atoms with Crippen LogP contribution < -0.4 is 0 Å². The maximum absolute atomic E-state index is 11.6. The van der Waals surface area contributed by atoms with Crippen LogP contribution in [0.1, 0.15) is 17.2 Å². The largest absolute Gasteiger partial charge is 0.392 e. The van der Waals surface area contributed by atoms with Crippen LogP contribution in [-0.4, -0.2) is 34.3 Å². The Morgan fingerprint density at radius 2 is 2.53 bits per heavy atom. The van der Waals surface area contributed by atoms with Crippen LogP contribution in [0.25, 0.3) is 0 Å². The van der Waals surface area contributed by atoms with Crippen LogP contribution in [-0.2, 0) is 4.79 Å². The van der Waals surface area contributed by atoms with Crippen LogP contribution in [0.2, 0.25) is 0 Å². The highest BCUT2D eigenvalue weighted by Gasteiger charge is 2.33. The summed E-state index contributed by atoms with van der Waals surface area (Å²) in [4.78, 5) is 14.6. The van der Waals surface area contributed by atoms with Gasteiger partial charge in [0.2, 0.25) is 5.91 Å². The Kier molecular flexibility index (Phi) is 3.33. The first-order valence-corrected chi connectivity index (χ1v) is 6.74. The molecule has 0 aromatic carbocycles. The molecule has 0 spiro atoms. The normalized spacial score (nSPS) is 23.5. The van der Waals surface area contributed by atoms with Crippen molar-refractivity contribution in [2.24, 2.45) is 0 Å². The summed E-state index contributed by atoms with van der Waals surface area (Å²) in [6.07, 6.45) is -0.463. The predicted octanol–water partition coefficient (Wildman–Crippen LogP) is 1.70. The number of thioether (sulfide) groups is 1. The monoisotopic (exact) mass is 243 g/mol. The SMILES string of the molecule is C[C@H](O)CN1C(=O)CS[C@H]1c1cccs1. The lowest BCUT2D eigenvalue weighted by Crippen LogP contribution is -2.34. The van der Waals surface area contributed by atoms with Gasteiger partial charge in [0.25, 0.3) is 0 Å². The van der Waals surface area contributed by atoms with Gasteiger partial charge in [0.05, 0.1) is 11.9 Å². The van der Waals surface area contributed by atoms with Gasteiger partial charge in [-0.25, -0.2) is 0 Å². The minimum Gasteiger partial charge on any atom is -0.392 e.